The third-order valence-corrected chi connectivity index (χ3v) is 4.29. The summed E-state index contributed by atoms with van der Waals surface area (Å²) < 4.78 is 4.89. The van der Waals surface area contributed by atoms with E-state index in [1.807, 2.05) is 24.3 Å². The molecule has 2 aliphatic rings. The number of fused-ring (bicyclic) bond motifs is 2. The maximum atomic E-state index is 12.9. The van der Waals surface area contributed by atoms with Crippen molar-refractivity contribution in [3.63, 3.8) is 0 Å². The predicted octanol–water partition coefficient (Wildman–Crippen LogP) is 1.27. The lowest BCUT2D eigenvalue weighted by molar-refractivity contribution is -0.132. The summed E-state index contributed by atoms with van der Waals surface area (Å²) >= 11 is 0. The summed E-state index contributed by atoms with van der Waals surface area (Å²) in [6.45, 7) is 1.68. The Morgan fingerprint density at radius 2 is 2.18 bits per heavy atom. The van der Waals surface area contributed by atoms with Crippen molar-refractivity contribution in [3.8, 4) is 0 Å². The van der Waals surface area contributed by atoms with Crippen molar-refractivity contribution in [2.45, 2.75) is 31.8 Å². The van der Waals surface area contributed by atoms with Crippen LogP contribution in [0.25, 0.3) is 0 Å². The Bertz CT molecular complexity index is 785. The number of benzene rings is 1. The summed E-state index contributed by atoms with van der Waals surface area (Å²) in [5, 5.41) is 6.61. The monoisotopic (exact) mass is 298 g/mol. The highest BCUT2D eigenvalue weighted by molar-refractivity contribution is 6.07. The number of imide groups is 1. The van der Waals surface area contributed by atoms with Gasteiger partial charge in [0.15, 0.2) is 5.82 Å². The normalized spacial score (nSPS) is 23.2. The molecular weight excluding hydrogens is 284 g/mol. The zero-order valence-corrected chi connectivity index (χ0v) is 12.0. The molecule has 1 saturated heterocycles. The van der Waals surface area contributed by atoms with Crippen LogP contribution in [-0.4, -0.2) is 27.0 Å². The first-order chi connectivity index (χ1) is 10.6. The van der Waals surface area contributed by atoms with Crippen LogP contribution in [0.5, 0.6) is 0 Å². The molecule has 0 saturated carbocycles. The van der Waals surface area contributed by atoms with Gasteiger partial charge in [-0.1, -0.05) is 29.4 Å². The van der Waals surface area contributed by atoms with Gasteiger partial charge in [-0.2, -0.15) is 4.98 Å². The maximum absolute atomic E-state index is 12.9. The number of carbonyl (C=O) groups excluding carboxylic acids is 2. The lowest BCUT2D eigenvalue weighted by atomic mass is 9.92. The fourth-order valence-electron chi connectivity index (χ4n) is 3.28. The quantitative estimate of drug-likeness (QED) is 0.843. The molecule has 1 spiro atoms. The summed E-state index contributed by atoms with van der Waals surface area (Å²) in [5.41, 5.74) is 1.06. The molecule has 0 radical (unpaired) electrons. The Morgan fingerprint density at radius 3 is 2.95 bits per heavy atom. The molecule has 112 valence electrons. The van der Waals surface area contributed by atoms with E-state index < -0.39 is 11.6 Å². The third-order valence-electron chi connectivity index (χ3n) is 4.29. The molecule has 1 aromatic carbocycles. The predicted molar refractivity (Wildman–Crippen MR) is 74.6 cm³/mol. The van der Waals surface area contributed by atoms with Crippen LogP contribution in [0.15, 0.2) is 28.8 Å². The zero-order valence-electron chi connectivity index (χ0n) is 12.0. The van der Waals surface area contributed by atoms with Gasteiger partial charge in [-0.05, 0) is 24.0 Å². The molecule has 1 aliphatic heterocycles. The van der Waals surface area contributed by atoms with Crippen molar-refractivity contribution in [1.82, 2.24) is 20.4 Å². The highest BCUT2D eigenvalue weighted by Crippen LogP contribution is 2.41. The van der Waals surface area contributed by atoms with E-state index in [4.69, 9.17) is 4.52 Å². The number of hydrogen-bond donors (Lipinski definition) is 1. The van der Waals surface area contributed by atoms with E-state index in [0.29, 0.717) is 18.1 Å². The van der Waals surface area contributed by atoms with E-state index in [9.17, 15) is 9.59 Å². The number of carbonyl (C=O) groups is 2. The largest absolute Gasteiger partial charge is 0.340 e. The SMILES string of the molecule is Cc1nc(CN2C(=O)NC3(CCc4ccccc43)C2=O)no1. The van der Waals surface area contributed by atoms with Crippen molar-refractivity contribution in [2.75, 3.05) is 0 Å². The lowest BCUT2D eigenvalue weighted by Gasteiger charge is -2.22. The van der Waals surface area contributed by atoms with Gasteiger partial charge in [0.2, 0.25) is 5.89 Å². The van der Waals surface area contributed by atoms with Crippen LogP contribution >= 0.6 is 0 Å². The fraction of sp³-hybridized carbons (Fsp3) is 0.333. The number of aromatic nitrogens is 2. The van der Waals surface area contributed by atoms with E-state index >= 15 is 0 Å². The number of nitrogens with one attached hydrogen (secondary N) is 1. The molecule has 1 aromatic heterocycles. The molecule has 0 bridgehead atoms. The molecule has 2 aromatic rings. The summed E-state index contributed by atoms with van der Waals surface area (Å²) in [5.74, 6) is 0.484. The Balaban J connectivity index is 1.68. The minimum atomic E-state index is -0.938. The lowest BCUT2D eigenvalue weighted by Crippen LogP contribution is -2.41. The fourth-order valence-corrected chi connectivity index (χ4v) is 3.28. The summed E-state index contributed by atoms with van der Waals surface area (Å²) in [6, 6.07) is 7.32. The van der Waals surface area contributed by atoms with Crippen LogP contribution in [0.1, 0.15) is 29.3 Å². The van der Waals surface area contributed by atoms with Crippen LogP contribution in [0, 0.1) is 6.92 Å². The topological polar surface area (TPSA) is 88.3 Å². The number of hydrogen-bond acceptors (Lipinski definition) is 5. The van der Waals surface area contributed by atoms with Gasteiger partial charge in [-0.15, -0.1) is 0 Å². The summed E-state index contributed by atoms with van der Waals surface area (Å²) in [7, 11) is 0. The smallest absolute Gasteiger partial charge is 0.325 e. The van der Waals surface area contributed by atoms with Crippen molar-refractivity contribution in [2.24, 2.45) is 0 Å². The molecule has 2 heterocycles. The molecule has 22 heavy (non-hydrogen) atoms. The molecule has 3 amide bonds. The van der Waals surface area contributed by atoms with Gasteiger partial charge < -0.3 is 9.84 Å². The van der Waals surface area contributed by atoms with Gasteiger partial charge >= 0.3 is 6.03 Å². The molecule has 7 nitrogen and oxygen atoms in total. The van der Waals surface area contributed by atoms with E-state index in [2.05, 4.69) is 15.5 Å². The number of rotatable bonds is 2. The van der Waals surface area contributed by atoms with Gasteiger partial charge in [-0.25, -0.2) is 4.79 Å². The first-order valence-electron chi connectivity index (χ1n) is 7.12. The molecule has 4 rings (SSSR count). The Morgan fingerprint density at radius 1 is 1.36 bits per heavy atom. The van der Waals surface area contributed by atoms with Crippen LogP contribution in [0.4, 0.5) is 4.79 Å². The minimum Gasteiger partial charge on any atom is -0.340 e. The van der Waals surface area contributed by atoms with Crippen molar-refractivity contribution in [3.05, 3.63) is 47.1 Å². The number of aryl methyl sites for hydroxylation is 2. The summed E-state index contributed by atoms with van der Waals surface area (Å²) in [6.07, 6.45) is 1.36. The molecule has 1 N–H and O–H groups in total. The second-order valence-corrected chi connectivity index (χ2v) is 5.61. The number of urea groups is 1. The molecular formula is C15H14N4O3. The van der Waals surface area contributed by atoms with E-state index in [0.717, 1.165) is 22.4 Å². The Kier molecular flexibility index (Phi) is 2.60. The first-order valence-corrected chi connectivity index (χ1v) is 7.12. The van der Waals surface area contributed by atoms with Gasteiger partial charge in [0.25, 0.3) is 5.91 Å². The first kappa shape index (κ1) is 13.0. The van der Waals surface area contributed by atoms with Crippen molar-refractivity contribution in [1.29, 1.82) is 0 Å². The minimum absolute atomic E-state index is 0.0198. The highest BCUT2D eigenvalue weighted by atomic mass is 16.5. The molecule has 7 heteroatoms. The zero-order chi connectivity index (χ0) is 15.3. The average molecular weight is 298 g/mol. The second-order valence-electron chi connectivity index (χ2n) is 5.61. The van der Waals surface area contributed by atoms with Crippen LogP contribution < -0.4 is 5.32 Å². The number of amides is 3. The number of nitrogens with zero attached hydrogens (tertiary/aromatic N) is 3. The molecule has 1 fully saturated rings. The second kappa shape index (κ2) is 4.40. The van der Waals surface area contributed by atoms with E-state index in [1.54, 1.807) is 6.92 Å². The Labute approximate surface area is 126 Å². The highest BCUT2D eigenvalue weighted by Gasteiger charge is 2.55. The van der Waals surface area contributed by atoms with Gasteiger partial charge in [-0.3, -0.25) is 9.69 Å². The molecule has 1 aliphatic carbocycles. The summed E-state index contributed by atoms with van der Waals surface area (Å²) in [4.78, 5) is 30.4. The van der Waals surface area contributed by atoms with Crippen molar-refractivity contribution < 1.29 is 14.1 Å². The van der Waals surface area contributed by atoms with Gasteiger partial charge in [0.1, 0.15) is 5.54 Å². The van der Waals surface area contributed by atoms with Gasteiger partial charge in [0, 0.05) is 6.92 Å². The van der Waals surface area contributed by atoms with Crippen molar-refractivity contribution >= 4 is 11.9 Å². The van der Waals surface area contributed by atoms with E-state index in [1.165, 1.54) is 0 Å². The standard InChI is InChI=1S/C15H14N4O3/c1-9-16-12(18-22-9)8-19-13(20)15(17-14(19)21)7-6-10-4-2-3-5-11(10)15/h2-5H,6-8H2,1H3,(H,17,21). The van der Waals surface area contributed by atoms with Crippen LogP contribution in [0.3, 0.4) is 0 Å². The molecule has 1 unspecified atom stereocenters. The maximum Gasteiger partial charge on any atom is 0.325 e. The molecule has 1 atom stereocenters. The van der Waals surface area contributed by atoms with Gasteiger partial charge in [0.05, 0.1) is 6.54 Å². The van der Waals surface area contributed by atoms with Crippen LogP contribution in [0.2, 0.25) is 0 Å². The Hall–Kier alpha value is -2.70. The third kappa shape index (κ3) is 1.68. The van der Waals surface area contributed by atoms with Crippen LogP contribution in [-0.2, 0) is 23.3 Å². The average Bonchev–Trinajstić information content (AvgIpc) is 3.15. The van der Waals surface area contributed by atoms with E-state index in [-0.39, 0.29) is 12.5 Å².